The summed E-state index contributed by atoms with van der Waals surface area (Å²) in [6.07, 6.45) is 2.35. The summed E-state index contributed by atoms with van der Waals surface area (Å²) in [4.78, 5) is 40.0. The van der Waals surface area contributed by atoms with Gasteiger partial charge < -0.3 is 19.7 Å². The Labute approximate surface area is 275 Å². The van der Waals surface area contributed by atoms with Crippen LogP contribution in [0.5, 0.6) is 0 Å². The second kappa shape index (κ2) is 15.1. The number of hydrogen-bond acceptors (Lipinski definition) is 5. The summed E-state index contributed by atoms with van der Waals surface area (Å²) in [6.45, 7) is 4.45. The molecule has 3 N–H and O–H groups in total. The van der Waals surface area contributed by atoms with Crippen molar-refractivity contribution in [1.29, 1.82) is 0 Å². The third kappa shape index (κ3) is 8.06. The lowest BCUT2D eigenvalue weighted by Gasteiger charge is -2.36. The van der Waals surface area contributed by atoms with Gasteiger partial charge in [-0.3, -0.25) is 15.0 Å². The Balaban J connectivity index is 1.47. The number of nitrogens with one attached hydrogen (secondary N) is 1. The Morgan fingerprint density at radius 1 is 0.830 bits per heavy atom. The number of carbonyl (C=O) groups excluding carboxylic acids is 1. The van der Waals surface area contributed by atoms with Crippen molar-refractivity contribution >= 4 is 39.5 Å². The van der Waals surface area contributed by atoms with Crippen LogP contribution in [-0.4, -0.2) is 68.2 Å². The van der Waals surface area contributed by atoms with Crippen molar-refractivity contribution in [3.63, 3.8) is 0 Å². The second-order valence-corrected chi connectivity index (χ2v) is 12.1. The maximum atomic E-state index is 14.3. The molecule has 0 radical (unpaired) electrons. The fourth-order valence-corrected chi connectivity index (χ4v) is 6.26. The average Bonchev–Trinajstić information content (AvgIpc) is 3.43. The molecule has 5 aromatic rings. The SMILES string of the molecule is CCN(NC(CC(=O)O)Cc1cn(C(C)C(=O)O)c2ccccc12)[C@@H](Cc1ccc2ccccc2c1)C(=O)N(C)Cc1ccccc1. The number of aromatic nitrogens is 1. The third-order valence-corrected chi connectivity index (χ3v) is 8.72. The Kier molecular flexibility index (Phi) is 10.7. The minimum absolute atomic E-state index is 0.0858. The minimum atomic E-state index is -0.972. The van der Waals surface area contributed by atoms with Crippen molar-refractivity contribution in [3.8, 4) is 0 Å². The number of rotatable bonds is 15. The number of carboxylic acids is 2. The van der Waals surface area contributed by atoms with Crippen molar-refractivity contribution < 1.29 is 24.6 Å². The van der Waals surface area contributed by atoms with Crippen LogP contribution < -0.4 is 5.43 Å². The fourth-order valence-electron chi connectivity index (χ4n) is 6.26. The number of hydrazine groups is 1. The standard InChI is InChI=1S/C38H42N4O5/c1-4-42(39-32(23-36(43)44)22-31-25-41(26(2)38(46)47)34-17-11-10-16-33(31)34)35(37(45)40(3)24-27-12-6-5-7-13-27)21-28-18-19-29-14-8-9-15-30(29)20-28/h5-20,25-26,32,35,39H,4,21-24H2,1-3H3,(H,43,44)(H,46,47)/t26?,32?,35-/m0/s1. The van der Waals surface area contributed by atoms with Crippen LogP contribution in [0.15, 0.2) is 103 Å². The lowest BCUT2D eigenvalue weighted by atomic mass is 10.00. The van der Waals surface area contributed by atoms with Crippen molar-refractivity contribution in [2.75, 3.05) is 13.6 Å². The lowest BCUT2D eigenvalue weighted by molar-refractivity contribution is -0.141. The summed E-state index contributed by atoms with van der Waals surface area (Å²) in [5.41, 5.74) is 7.06. The molecule has 4 aromatic carbocycles. The molecule has 1 amide bonds. The number of benzene rings is 4. The van der Waals surface area contributed by atoms with Crippen LogP contribution in [-0.2, 0) is 33.8 Å². The lowest BCUT2D eigenvalue weighted by Crippen LogP contribution is -2.57. The molecule has 244 valence electrons. The Morgan fingerprint density at radius 2 is 1.51 bits per heavy atom. The number of para-hydroxylation sites is 1. The van der Waals surface area contributed by atoms with E-state index in [1.165, 1.54) is 0 Å². The van der Waals surface area contributed by atoms with E-state index < -0.39 is 30.1 Å². The van der Waals surface area contributed by atoms with E-state index in [1.807, 2.05) is 90.9 Å². The van der Waals surface area contributed by atoms with Gasteiger partial charge in [0.2, 0.25) is 5.91 Å². The molecule has 9 nitrogen and oxygen atoms in total. The van der Waals surface area contributed by atoms with Gasteiger partial charge in [-0.1, -0.05) is 97.9 Å². The molecule has 2 unspecified atom stereocenters. The number of carbonyl (C=O) groups is 3. The number of fused-ring (bicyclic) bond motifs is 2. The van der Waals surface area contributed by atoms with Crippen molar-refractivity contribution in [2.24, 2.45) is 0 Å². The normalized spacial score (nSPS) is 13.4. The van der Waals surface area contributed by atoms with Crippen molar-refractivity contribution in [2.45, 2.75) is 57.8 Å². The van der Waals surface area contributed by atoms with Gasteiger partial charge in [0.05, 0.1) is 6.42 Å². The molecule has 47 heavy (non-hydrogen) atoms. The zero-order valence-electron chi connectivity index (χ0n) is 27.0. The maximum Gasteiger partial charge on any atom is 0.326 e. The van der Waals surface area contributed by atoms with Gasteiger partial charge in [-0.05, 0) is 53.3 Å². The zero-order chi connectivity index (χ0) is 33.5. The quantitative estimate of drug-likeness (QED) is 0.123. The van der Waals surface area contributed by atoms with Crippen LogP contribution in [0.1, 0.15) is 43.0 Å². The first-order valence-corrected chi connectivity index (χ1v) is 16.0. The number of nitrogens with zero attached hydrogens (tertiary/aromatic N) is 3. The van der Waals surface area contributed by atoms with Crippen LogP contribution >= 0.6 is 0 Å². The first-order valence-electron chi connectivity index (χ1n) is 16.0. The molecule has 0 saturated heterocycles. The van der Waals surface area contributed by atoms with E-state index in [1.54, 1.807) is 23.4 Å². The average molecular weight is 635 g/mol. The molecule has 0 aliphatic carbocycles. The third-order valence-electron chi connectivity index (χ3n) is 8.72. The van der Waals surface area contributed by atoms with Gasteiger partial charge in [0.25, 0.3) is 0 Å². The number of amides is 1. The van der Waals surface area contributed by atoms with Crippen LogP contribution in [0.3, 0.4) is 0 Å². The number of likely N-dealkylation sites (N-methyl/N-ethyl adjacent to an activating group) is 2. The zero-order valence-corrected chi connectivity index (χ0v) is 27.0. The summed E-state index contributed by atoms with van der Waals surface area (Å²) < 4.78 is 1.72. The number of hydrogen-bond donors (Lipinski definition) is 3. The van der Waals surface area contributed by atoms with Gasteiger partial charge in [-0.15, -0.1) is 0 Å². The topological polar surface area (TPSA) is 115 Å². The summed E-state index contributed by atoms with van der Waals surface area (Å²) in [5.74, 6) is -2.01. The molecule has 0 aliphatic heterocycles. The van der Waals surface area contributed by atoms with Crippen LogP contribution in [0.4, 0.5) is 0 Å². The van der Waals surface area contributed by atoms with Crippen LogP contribution in [0.25, 0.3) is 21.7 Å². The monoisotopic (exact) mass is 634 g/mol. The van der Waals surface area contributed by atoms with E-state index >= 15 is 0 Å². The second-order valence-electron chi connectivity index (χ2n) is 12.1. The first-order chi connectivity index (χ1) is 22.6. The van der Waals surface area contributed by atoms with Gasteiger partial charge in [0.1, 0.15) is 12.1 Å². The van der Waals surface area contributed by atoms with E-state index in [9.17, 15) is 24.6 Å². The molecule has 5 rings (SSSR count). The number of aliphatic carboxylic acids is 2. The summed E-state index contributed by atoms with van der Waals surface area (Å²) in [6, 6.07) is 29.7. The van der Waals surface area contributed by atoms with Crippen molar-refractivity contribution in [3.05, 3.63) is 120 Å². The molecule has 0 saturated carbocycles. The molecule has 3 atom stereocenters. The van der Waals surface area contributed by atoms with Gasteiger partial charge in [-0.2, -0.15) is 0 Å². The highest BCUT2D eigenvalue weighted by atomic mass is 16.4. The summed E-state index contributed by atoms with van der Waals surface area (Å²) in [5, 5.41) is 24.6. The Bertz CT molecular complexity index is 1850. The van der Waals surface area contributed by atoms with Gasteiger partial charge in [0.15, 0.2) is 0 Å². The van der Waals surface area contributed by atoms with Gasteiger partial charge in [0, 0.05) is 43.3 Å². The number of carboxylic acid groups (broad SMARTS) is 2. The van der Waals surface area contributed by atoms with Crippen LogP contribution in [0.2, 0.25) is 0 Å². The minimum Gasteiger partial charge on any atom is -0.481 e. The molecule has 0 fully saturated rings. The predicted molar refractivity (Wildman–Crippen MR) is 184 cm³/mol. The van der Waals surface area contributed by atoms with Gasteiger partial charge >= 0.3 is 11.9 Å². The van der Waals surface area contributed by atoms with E-state index in [-0.39, 0.29) is 12.3 Å². The fraction of sp³-hybridized carbons (Fsp3) is 0.289. The Morgan fingerprint density at radius 3 is 2.21 bits per heavy atom. The van der Waals surface area contributed by atoms with Gasteiger partial charge in [-0.25, -0.2) is 9.80 Å². The highest BCUT2D eigenvalue weighted by molar-refractivity contribution is 5.87. The van der Waals surface area contributed by atoms with Crippen LogP contribution in [0, 0.1) is 0 Å². The van der Waals surface area contributed by atoms with E-state index in [0.717, 1.165) is 38.4 Å². The molecule has 9 heteroatoms. The molecule has 1 heterocycles. The molecule has 0 bridgehead atoms. The maximum absolute atomic E-state index is 14.3. The summed E-state index contributed by atoms with van der Waals surface area (Å²) >= 11 is 0. The highest BCUT2D eigenvalue weighted by Gasteiger charge is 2.31. The largest absolute Gasteiger partial charge is 0.481 e. The first kappa shape index (κ1) is 33.4. The van der Waals surface area contributed by atoms with E-state index in [4.69, 9.17) is 0 Å². The molecule has 0 aliphatic rings. The molecular formula is C38H42N4O5. The summed E-state index contributed by atoms with van der Waals surface area (Å²) in [7, 11) is 1.80. The highest BCUT2D eigenvalue weighted by Crippen LogP contribution is 2.27. The molecule has 0 spiro atoms. The van der Waals surface area contributed by atoms with E-state index in [0.29, 0.717) is 25.9 Å². The van der Waals surface area contributed by atoms with Crippen molar-refractivity contribution in [1.82, 2.24) is 19.9 Å². The smallest absolute Gasteiger partial charge is 0.326 e. The predicted octanol–water partition coefficient (Wildman–Crippen LogP) is 5.92. The van der Waals surface area contributed by atoms with E-state index in [2.05, 4.69) is 29.7 Å². The molecular weight excluding hydrogens is 592 g/mol. The molecule has 1 aromatic heterocycles. The Hall–Kier alpha value is -4.99.